The molecule has 2 aromatic rings. The number of nitro groups is 1. The van der Waals surface area contributed by atoms with E-state index in [1.165, 1.54) is 25.1 Å². The fourth-order valence-electron chi connectivity index (χ4n) is 2.27. The van der Waals surface area contributed by atoms with E-state index in [9.17, 15) is 20.0 Å². The van der Waals surface area contributed by atoms with Crippen molar-refractivity contribution in [3.8, 4) is 0 Å². The molecule has 1 aromatic carbocycles. The summed E-state index contributed by atoms with van der Waals surface area (Å²) >= 11 is 0. The molecule has 2 rings (SSSR count). The van der Waals surface area contributed by atoms with E-state index in [1.807, 2.05) is 6.20 Å². The largest absolute Gasteiger partial charge is 0.394 e. The van der Waals surface area contributed by atoms with Gasteiger partial charge in [-0.15, -0.1) is 0 Å². The van der Waals surface area contributed by atoms with Crippen LogP contribution in [0.1, 0.15) is 22.8 Å². The Kier molecular flexibility index (Phi) is 5.07. The first-order valence-corrected chi connectivity index (χ1v) is 7.05. The molecule has 0 bridgehead atoms. The van der Waals surface area contributed by atoms with Crippen LogP contribution in [0.5, 0.6) is 0 Å². The van der Waals surface area contributed by atoms with Crippen LogP contribution in [0, 0.1) is 10.1 Å². The predicted octanol–water partition coefficient (Wildman–Crippen LogP) is 1.55. The van der Waals surface area contributed by atoms with Crippen molar-refractivity contribution in [3.05, 3.63) is 51.8 Å². The van der Waals surface area contributed by atoms with E-state index in [0.29, 0.717) is 6.42 Å². The standard InChI is InChI=1S/C15H18N4O4/c1-10(21)12-3-4-14(15(6-12)19(22)23)17-13(9-20)5-11-7-16-18(2)8-11/h3-4,6-8,13,17,20H,5,9H2,1-2H3/t13-/m1/s1. The molecule has 0 unspecified atom stereocenters. The number of hydrogen-bond acceptors (Lipinski definition) is 6. The molecule has 0 aliphatic rings. The normalized spacial score (nSPS) is 12.0. The predicted molar refractivity (Wildman–Crippen MR) is 84.5 cm³/mol. The second-order valence-electron chi connectivity index (χ2n) is 5.30. The molecule has 2 N–H and O–H groups in total. The maximum atomic E-state index is 11.4. The third-order valence-electron chi connectivity index (χ3n) is 3.42. The molecule has 0 radical (unpaired) electrons. The van der Waals surface area contributed by atoms with Gasteiger partial charge in [-0.25, -0.2) is 0 Å². The van der Waals surface area contributed by atoms with Gasteiger partial charge >= 0.3 is 0 Å². The van der Waals surface area contributed by atoms with Crippen molar-refractivity contribution < 1.29 is 14.8 Å². The van der Waals surface area contributed by atoms with E-state index in [1.54, 1.807) is 17.9 Å². The Hall–Kier alpha value is -2.74. The van der Waals surface area contributed by atoms with Gasteiger partial charge in [0.2, 0.25) is 0 Å². The van der Waals surface area contributed by atoms with Gasteiger partial charge in [-0.1, -0.05) is 0 Å². The Balaban J connectivity index is 2.22. The first-order valence-electron chi connectivity index (χ1n) is 7.05. The fourth-order valence-corrected chi connectivity index (χ4v) is 2.27. The highest BCUT2D eigenvalue weighted by molar-refractivity contribution is 5.95. The molecular weight excluding hydrogens is 300 g/mol. The molecule has 0 saturated carbocycles. The van der Waals surface area contributed by atoms with E-state index in [2.05, 4.69) is 10.4 Å². The number of nitrogens with zero attached hydrogens (tertiary/aromatic N) is 3. The molecule has 8 heteroatoms. The Morgan fingerprint density at radius 1 is 1.52 bits per heavy atom. The number of aliphatic hydroxyl groups is 1. The highest BCUT2D eigenvalue weighted by Gasteiger charge is 2.19. The molecule has 1 atom stereocenters. The molecule has 0 amide bonds. The lowest BCUT2D eigenvalue weighted by molar-refractivity contribution is -0.384. The molecule has 122 valence electrons. The first kappa shape index (κ1) is 16.6. The van der Waals surface area contributed by atoms with Crippen molar-refractivity contribution in [2.75, 3.05) is 11.9 Å². The topological polar surface area (TPSA) is 110 Å². The molecule has 8 nitrogen and oxygen atoms in total. The molecule has 1 heterocycles. The summed E-state index contributed by atoms with van der Waals surface area (Å²) in [5.74, 6) is -0.242. The number of aliphatic hydroxyl groups excluding tert-OH is 1. The molecule has 0 saturated heterocycles. The van der Waals surface area contributed by atoms with Crippen LogP contribution >= 0.6 is 0 Å². The average molecular weight is 318 g/mol. The lowest BCUT2D eigenvalue weighted by atomic mass is 10.1. The third kappa shape index (κ3) is 4.13. The monoisotopic (exact) mass is 318 g/mol. The van der Waals surface area contributed by atoms with Crippen molar-refractivity contribution >= 4 is 17.2 Å². The van der Waals surface area contributed by atoms with Crippen LogP contribution in [-0.4, -0.2) is 38.2 Å². The summed E-state index contributed by atoms with van der Waals surface area (Å²) in [7, 11) is 1.79. The van der Waals surface area contributed by atoms with Crippen molar-refractivity contribution in [2.45, 2.75) is 19.4 Å². The summed E-state index contributed by atoms with van der Waals surface area (Å²) < 4.78 is 1.65. The van der Waals surface area contributed by atoms with Crippen molar-refractivity contribution in [3.63, 3.8) is 0 Å². The van der Waals surface area contributed by atoms with Crippen LogP contribution in [0.2, 0.25) is 0 Å². The lowest BCUT2D eigenvalue weighted by Gasteiger charge is -2.17. The SMILES string of the molecule is CC(=O)c1ccc(N[C@@H](CO)Cc2cnn(C)c2)c([N+](=O)[O-])c1. The zero-order chi connectivity index (χ0) is 17.0. The summed E-state index contributed by atoms with van der Waals surface area (Å²) in [5, 5.41) is 27.7. The highest BCUT2D eigenvalue weighted by atomic mass is 16.6. The summed E-state index contributed by atoms with van der Waals surface area (Å²) in [6, 6.07) is 3.85. The lowest BCUT2D eigenvalue weighted by Crippen LogP contribution is -2.26. The van der Waals surface area contributed by atoms with Crippen LogP contribution < -0.4 is 5.32 Å². The number of hydrogen-bond donors (Lipinski definition) is 2. The number of anilines is 1. The van der Waals surface area contributed by atoms with Crippen molar-refractivity contribution in [1.82, 2.24) is 9.78 Å². The number of nitrogens with one attached hydrogen (secondary N) is 1. The zero-order valence-electron chi connectivity index (χ0n) is 12.9. The molecule has 0 fully saturated rings. The Bertz CT molecular complexity index is 726. The van der Waals surface area contributed by atoms with Gasteiger partial charge in [0, 0.05) is 24.9 Å². The third-order valence-corrected chi connectivity index (χ3v) is 3.42. The number of Topliss-reactive ketones (excluding diaryl/α,β-unsaturated/α-hetero) is 1. The summed E-state index contributed by atoms with van der Waals surface area (Å²) in [6.07, 6.45) is 3.96. The van der Waals surface area contributed by atoms with Crippen LogP contribution in [0.4, 0.5) is 11.4 Å². The number of aromatic nitrogens is 2. The van der Waals surface area contributed by atoms with Crippen LogP contribution in [0.25, 0.3) is 0 Å². The number of aryl methyl sites for hydroxylation is 1. The molecule has 0 aliphatic carbocycles. The number of benzene rings is 1. The van der Waals surface area contributed by atoms with Gasteiger partial charge in [0.1, 0.15) is 5.69 Å². The number of nitro benzene ring substituents is 1. The average Bonchev–Trinajstić information content (AvgIpc) is 2.91. The van der Waals surface area contributed by atoms with Crippen molar-refractivity contribution in [1.29, 1.82) is 0 Å². The number of carbonyl (C=O) groups excluding carboxylic acids is 1. The van der Waals surface area contributed by atoms with Crippen LogP contribution in [0.3, 0.4) is 0 Å². The number of carbonyl (C=O) groups is 1. The van der Waals surface area contributed by atoms with Gasteiger partial charge in [0.15, 0.2) is 5.78 Å². The Labute approximate surface area is 132 Å². The van der Waals surface area contributed by atoms with Crippen LogP contribution in [-0.2, 0) is 13.5 Å². The molecule has 0 spiro atoms. The van der Waals surface area contributed by atoms with E-state index < -0.39 is 11.0 Å². The molecule has 1 aromatic heterocycles. The van der Waals surface area contributed by atoms with Gasteiger partial charge in [-0.2, -0.15) is 5.10 Å². The zero-order valence-corrected chi connectivity index (χ0v) is 12.9. The molecule has 23 heavy (non-hydrogen) atoms. The summed E-state index contributed by atoms with van der Waals surface area (Å²) in [6.45, 7) is 1.16. The van der Waals surface area contributed by atoms with E-state index >= 15 is 0 Å². The minimum Gasteiger partial charge on any atom is -0.394 e. The van der Waals surface area contributed by atoms with E-state index in [0.717, 1.165) is 5.56 Å². The molecule has 0 aliphatic heterocycles. The minimum atomic E-state index is -0.548. The van der Waals surface area contributed by atoms with E-state index in [4.69, 9.17) is 0 Å². The smallest absolute Gasteiger partial charge is 0.293 e. The summed E-state index contributed by atoms with van der Waals surface area (Å²) in [5.41, 5.74) is 1.25. The second-order valence-corrected chi connectivity index (χ2v) is 5.30. The summed E-state index contributed by atoms with van der Waals surface area (Å²) in [4.78, 5) is 22.0. The molecular formula is C15H18N4O4. The highest BCUT2D eigenvalue weighted by Crippen LogP contribution is 2.27. The van der Waals surface area contributed by atoms with E-state index in [-0.39, 0.29) is 29.3 Å². The van der Waals surface area contributed by atoms with Gasteiger partial charge in [-0.3, -0.25) is 19.6 Å². The first-order chi connectivity index (χ1) is 10.9. The van der Waals surface area contributed by atoms with Gasteiger partial charge in [0.05, 0.1) is 23.8 Å². The number of ketones is 1. The quantitative estimate of drug-likeness (QED) is 0.455. The maximum Gasteiger partial charge on any atom is 0.293 e. The van der Waals surface area contributed by atoms with Gasteiger partial charge < -0.3 is 10.4 Å². The van der Waals surface area contributed by atoms with Gasteiger partial charge in [0.25, 0.3) is 5.69 Å². The second kappa shape index (κ2) is 7.01. The van der Waals surface area contributed by atoms with Gasteiger partial charge in [-0.05, 0) is 31.0 Å². The number of rotatable bonds is 7. The van der Waals surface area contributed by atoms with Crippen LogP contribution in [0.15, 0.2) is 30.6 Å². The maximum absolute atomic E-state index is 11.4. The Morgan fingerprint density at radius 2 is 2.26 bits per heavy atom. The minimum absolute atomic E-state index is 0.192. The Morgan fingerprint density at radius 3 is 2.78 bits per heavy atom. The fraction of sp³-hybridized carbons (Fsp3) is 0.333. The van der Waals surface area contributed by atoms with Crippen molar-refractivity contribution in [2.24, 2.45) is 7.05 Å².